The van der Waals surface area contributed by atoms with Crippen LogP contribution in [0.5, 0.6) is 11.5 Å². The Kier molecular flexibility index (Phi) is 4.51. The Hall–Kier alpha value is -3.88. The molecule has 9 nitrogen and oxygen atoms in total. The van der Waals surface area contributed by atoms with Crippen molar-refractivity contribution in [2.24, 2.45) is 0 Å². The summed E-state index contributed by atoms with van der Waals surface area (Å²) in [6.45, 7) is 1.38. The number of methoxy groups -OCH3 is 1. The van der Waals surface area contributed by atoms with Crippen LogP contribution in [0.4, 0.5) is 11.4 Å². The molecule has 0 aliphatic heterocycles. The van der Waals surface area contributed by atoms with Crippen molar-refractivity contribution < 1.29 is 24.0 Å². The summed E-state index contributed by atoms with van der Waals surface area (Å²) in [5.41, 5.74) is -1.35. The summed E-state index contributed by atoms with van der Waals surface area (Å²) < 4.78 is 10.1. The molecule has 0 fully saturated rings. The molecule has 1 aromatic heterocycles. The standard InChI is InChI=1S/C18H14N2O7/c1-9-15(21)14(20(24)25)8-10-7-13(18(23)27-16(9)10)17(22)19-11-3-5-12(26-2)6-4-11/h3-8,21H,1-2H3,(H,19,22). The summed E-state index contributed by atoms with van der Waals surface area (Å²) in [6, 6.07) is 8.69. The van der Waals surface area contributed by atoms with E-state index in [2.05, 4.69) is 5.32 Å². The zero-order chi connectivity index (χ0) is 19.7. The van der Waals surface area contributed by atoms with Gasteiger partial charge in [-0.05, 0) is 37.3 Å². The molecule has 3 aromatic rings. The van der Waals surface area contributed by atoms with Gasteiger partial charge in [0.2, 0.25) is 5.75 Å². The number of phenolic OH excluding ortho intramolecular Hbond substituents is 1. The number of carbonyl (C=O) groups is 1. The molecule has 27 heavy (non-hydrogen) atoms. The van der Waals surface area contributed by atoms with Crippen LogP contribution < -0.4 is 15.7 Å². The average Bonchev–Trinajstić information content (AvgIpc) is 2.65. The molecule has 1 amide bonds. The molecule has 0 saturated heterocycles. The SMILES string of the molecule is COc1ccc(NC(=O)c2cc3cc([N+](=O)[O-])c(O)c(C)c3oc2=O)cc1. The predicted octanol–water partition coefficient (Wildman–Crippen LogP) is 2.98. The normalized spacial score (nSPS) is 10.6. The van der Waals surface area contributed by atoms with E-state index in [0.29, 0.717) is 11.4 Å². The number of hydrogen-bond acceptors (Lipinski definition) is 7. The third-order valence-corrected chi connectivity index (χ3v) is 4.00. The Morgan fingerprint density at radius 2 is 1.93 bits per heavy atom. The molecule has 2 N–H and O–H groups in total. The lowest BCUT2D eigenvalue weighted by atomic mass is 10.1. The summed E-state index contributed by atoms with van der Waals surface area (Å²) in [5.74, 6) is -0.726. The van der Waals surface area contributed by atoms with E-state index in [1.165, 1.54) is 20.1 Å². The number of nitro benzene ring substituents is 1. The first-order valence-electron chi connectivity index (χ1n) is 7.72. The van der Waals surface area contributed by atoms with E-state index in [1.54, 1.807) is 24.3 Å². The number of fused-ring (bicyclic) bond motifs is 1. The van der Waals surface area contributed by atoms with Gasteiger partial charge in [-0.2, -0.15) is 0 Å². The fourth-order valence-corrected chi connectivity index (χ4v) is 2.57. The summed E-state index contributed by atoms with van der Waals surface area (Å²) in [6.07, 6.45) is 0. The number of rotatable bonds is 4. The number of amides is 1. The zero-order valence-electron chi connectivity index (χ0n) is 14.3. The first-order valence-corrected chi connectivity index (χ1v) is 7.72. The number of anilines is 1. The van der Waals surface area contributed by atoms with Gasteiger partial charge in [-0.15, -0.1) is 0 Å². The fraction of sp³-hybridized carbons (Fsp3) is 0.111. The summed E-state index contributed by atoms with van der Waals surface area (Å²) in [4.78, 5) is 34.9. The highest BCUT2D eigenvalue weighted by atomic mass is 16.6. The largest absolute Gasteiger partial charge is 0.502 e. The van der Waals surface area contributed by atoms with E-state index in [1.807, 2.05) is 0 Å². The highest BCUT2D eigenvalue weighted by Gasteiger charge is 2.22. The molecule has 138 valence electrons. The second-order valence-corrected chi connectivity index (χ2v) is 5.67. The lowest BCUT2D eigenvalue weighted by Gasteiger charge is -2.08. The van der Waals surface area contributed by atoms with Gasteiger partial charge >= 0.3 is 11.3 Å². The number of aryl methyl sites for hydroxylation is 1. The van der Waals surface area contributed by atoms with Crippen LogP contribution in [-0.4, -0.2) is 23.0 Å². The van der Waals surface area contributed by atoms with Gasteiger partial charge in [0.15, 0.2) is 0 Å². The molecule has 0 radical (unpaired) electrons. The molecule has 0 atom stereocenters. The number of nitrogens with zero attached hydrogens (tertiary/aromatic N) is 1. The third-order valence-electron chi connectivity index (χ3n) is 4.00. The Balaban J connectivity index is 2.04. The first kappa shape index (κ1) is 17.9. The van der Waals surface area contributed by atoms with E-state index in [-0.39, 0.29) is 22.1 Å². The minimum absolute atomic E-state index is 0.0240. The molecule has 0 saturated carbocycles. The van der Waals surface area contributed by atoms with Crippen LogP contribution in [0.2, 0.25) is 0 Å². The van der Waals surface area contributed by atoms with Crippen LogP contribution in [0.25, 0.3) is 11.0 Å². The number of nitrogens with one attached hydrogen (secondary N) is 1. The lowest BCUT2D eigenvalue weighted by molar-refractivity contribution is -0.385. The minimum atomic E-state index is -0.926. The van der Waals surface area contributed by atoms with Gasteiger partial charge in [0.25, 0.3) is 5.91 Å². The molecule has 2 aromatic carbocycles. The van der Waals surface area contributed by atoms with Crippen molar-refractivity contribution in [2.45, 2.75) is 6.92 Å². The number of benzene rings is 2. The first-order chi connectivity index (χ1) is 12.8. The van der Waals surface area contributed by atoms with Crippen molar-refractivity contribution in [3.05, 3.63) is 68.1 Å². The van der Waals surface area contributed by atoms with Crippen molar-refractivity contribution in [1.29, 1.82) is 0 Å². The molecule has 0 bridgehead atoms. The number of phenols is 1. The third kappa shape index (κ3) is 3.30. The molecule has 0 spiro atoms. The summed E-state index contributed by atoms with van der Waals surface area (Å²) >= 11 is 0. The molecular formula is C18H14N2O7. The fourth-order valence-electron chi connectivity index (χ4n) is 2.57. The minimum Gasteiger partial charge on any atom is -0.502 e. The van der Waals surface area contributed by atoms with E-state index < -0.39 is 27.9 Å². The summed E-state index contributed by atoms with van der Waals surface area (Å²) in [7, 11) is 1.51. The van der Waals surface area contributed by atoms with Crippen LogP contribution in [0.3, 0.4) is 0 Å². The van der Waals surface area contributed by atoms with Gasteiger partial charge in [-0.3, -0.25) is 14.9 Å². The van der Waals surface area contributed by atoms with Crippen LogP contribution in [0, 0.1) is 17.0 Å². The van der Waals surface area contributed by atoms with Crippen LogP contribution in [0.15, 0.2) is 45.6 Å². The second kappa shape index (κ2) is 6.79. The second-order valence-electron chi connectivity index (χ2n) is 5.67. The number of ether oxygens (including phenoxy) is 1. The molecular weight excluding hydrogens is 356 g/mol. The smallest absolute Gasteiger partial charge is 0.349 e. The van der Waals surface area contributed by atoms with Gasteiger partial charge in [-0.1, -0.05) is 0 Å². The molecule has 9 heteroatoms. The molecule has 3 rings (SSSR count). The predicted molar refractivity (Wildman–Crippen MR) is 96.5 cm³/mol. The van der Waals surface area contributed by atoms with E-state index >= 15 is 0 Å². The Labute approximate surface area is 152 Å². The van der Waals surface area contributed by atoms with E-state index in [4.69, 9.17) is 9.15 Å². The Morgan fingerprint density at radius 1 is 1.26 bits per heavy atom. The molecule has 0 aliphatic carbocycles. The van der Waals surface area contributed by atoms with Crippen molar-refractivity contribution in [3.8, 4) is 11.5 Å². The Morgan fingerprint density at radius 3 is 2.52 bits per heavy atom. The van der Waals surface area contributed by atoms with Crippen molar-refractivity contribution >= 4 is 28.3 Å². The number of nitro groups is 1. The zero-order valence-corrected chi connectivity index (χ0v) is 14.3. The highest BCUT2D eigenvalue weighted by Crippen LogP contribution is 2.35. The average molecular weight is 370 g/mol. The van der Waals surface area contributed by atoms with Crippen molar-refractivity contribution in [3.63, 3.8) is 0 Å². The van der Waals surface area contributed by atoms with E-state index in [0.717, 1.165) is 6.07 Å². The number of carbonyl (C=O) groups excluding carboxylic acids is 1. The molecule has 1 heterocycles. The maximum atomic E-state index is 12.4. The van der Waals surface area contributed by atoms with Gasteiger partial charge in [-0.25, -0.2) is 4.79 Å². The van der Waals surface area contributed by atoms with Crippen LogP contribution >= 0.6 is 0 Å². The van der Waals surface area contributed by atoms with Crippen LogP contribution in [-0.2, 0) is 0 Å². The monoisotopic (exact) mass is 370 g/mol. The van der Waals surface area contributed by atoms with Crippen LogP contribution in [0.1, 0.15) is 15.9 Å². The quantitative estimate of drug-likeness (QED) is 0.410. The molecule has 0 unspecified atom stereocenters. The number of hydrogen-bond donors (Lipinski definition) is 2. The summed E-state index contributed by atoms with van der Waals surface area (Å²) in [5, 5.41) is 23.6. The number of aromatic hydroxyl groups is 1. The maximum Gasteiger partial charge on any atom is 0.349 e. The Bertz CT molecular complexity index is 1120. The molecule has 0 aliphatic rings. The van der Waals surface area contributed by atoms with Crippen molar-refractivity contribution in [2.75, 3.05) is 12.4 Å². The van der Waals surface area contributed by atoms with Gasteiger partial charge in [0.05, 0.1) is 12.0 Å². The van der Waals surface area contributed by atoms with Crippen molar-refractivity contribution in [1.82, 2.24) is 0 Å². The van der Waals surface area contributed by atoms with Gasteiger partial charge in [0.1, 0.15) is 16.9 Å². The van der Waals surface area contributed by atoms with E-state index in [9.17, 15) is 24.8 Å². The van der Waals surface area contributed by atoms with Gasteiger partial charge < -0.3 is 19.6 Å². The maximum absolute atomic E-state index is 12.4. The topological polar surface area (TPSA) is 132 Å². The highest BCUT2D eigenvalue weighted by molar-refractivity contribution is 6.05. The van der Waals surface area contributed by atoms with Gasteiger partial charge in [0, 0.05) is 22.7 Å². The lowest BCUT2D eigenvalue weighted by Crippen LogP contribution is -2.20.